The first-order chi connectivity index (χ1) is 12.4. The lowest BCUT2D eigenvalue weighted by Gasteiger charge is -2.28. The van der Waals surface area contributed by atoms with Crippen molar-refractivity contribution in [2.75, 3.05) is 25.6 Å². The highest BCUT2D eigenvalue weighted by molar-refractivity contribution is 5.99. The molecule has 0 radical (unpaired) electrons. The number of hydrogen-bond acceptors (Lipinski definition) is 5. The number of ether oxygens (including phenoxy) is 3. The van der Waals surface area contributed by atoms with Crippen LogP contribution < -0.4 is 10.1 Å². The van der Waals surface area contributed by atoms with Gasteiger partial charge in [-0.2, -0.15) is 0 Å². The molecule has 0 aliphatic heterocycles. The van der Waals surface area contributed by atoms with Crippen molar-refractivity contribution in [3.8, 4) is 5.75 Å². The predicted molar refractivity (Wildman–Crippen MR) is 102 cm³/mol. The van der Waals surface area contributed by atoms with Crippen LogP contribution in [0.1, 0.15) is 63.7 Å². The van der Waals surface area contributed by atoms with Crippen LogP contribution in [-0.4, -0.2) is 37.8 Å². The number of esters is 1. The van der Waals surface area contributed by atoms with E-state index in [0.717, 1.165) is 19.3 Å². The third-order valence-electron chi connectivity index (χ3n) is 4.07. The van der Waals surface area contributed by atoms with Crippen molar-refractivity contribution in [1.29, 1.82) is 0 Å². The van der Waals surface area contributed by atoms with Crippen LogP contribution in [0.2, 0.25) is 0 Å². The highest BCUT2D eigenvalue weighted by Gasteiger charge is 2.33. The number of unbranched alkanes of at least 4 members (excludes halogenated alkanes) is 1. The monoisotopic (exact) mass is 365 g/mol. The van der Waals surface area contributed by atoms with Gasteiger partial charge in [0, 0.05) is 12.3 Å². The first kappa shape index (κ1) is 22.0. The van der Waals surface area contributed by atoms with Crippen LogP contribution in [0.15, 0.2) is 18.2 Å². The number of amides is 1. The Hall–Kier alpha value is -2.08. The van der Waals surface area contributed by atoms with Crippen LogP contribution in [0.4, 0.5) is 5.69 Å². The number of carbonyl (C=O) groups excluding carboxylic acids is 2. The number of benzene rings is 1. The van der Waals surface area contributed by atoms with E-state index in [2.05, 4.69) is 12.2 Å². The van der Waals surface area contributed by atoms with Gasteiger partial charge in [0.15, 0.2) is 0 Å². The average Bonchev–Trinajstić information content (AvgIpc) is 2.62. The van der Waals surface area contributed by atoms with Gasteiger partial charge in [-0.15, -0.1) is 0 Å². The molecule has 0 fully saturated rings. The maximum atomic E-state index is 12.7. The SMILES string of the molecule is CCCCOc1ccc(NC(=O)[C@@](C)(CCC)OCC)cc1C(=O)OC. The summed E-state index contributed by atoms with van der Waals surface area (Å²) in [5.41, 5.74) is -0.124. The lowest BCUT2D eigenvalue weighted by molar-refractivity contribution is -0.139. The first-order valence-corrected chi connectivity index (χ1v) is 9.22. The Morgan fingerprint density at radius 1 is 1.15 bits per heavy atom. The molecule has 0 aliphatic rings. The topological polar surface area (TPSA) is 73.9 Å². The Kier molecular flexibility index (Phi) is 9.13. The average molecular weight is 365 g/mol. The minimum Gasteiger partial charge on any atom is -0.493 e. The molecule has 0 heterocycles. The molecule has 0 saturated heterocycles. The molecule has 0 aliphatic carbocycles. The zero-order valence-corrected chi connectivity index (χ0v) is 16.5. The molecule has 1 aromatic rings. The molecule has 1 N–H and O–H groups in total. The van der Waals surface area contributed by atoms with Gasteiger partial charge in [-0.3, -0.25) is 4.79 Å². The predicted octanol–water partition coefficient (Wildman–Crippen LogP) is 4.19. The van der Waals surface area contributed by atoms with Crippen LogP contribution in [0, 0.1) is 0 Å². The fraction of sp³-hybridized carbons (Fsp3) is 0.600. The third kappa shape index (κ3) is 6.02. The minimum atomic E-state index is -0.911. The van der Waals surface area contributed by atoms with Crippen molar-refractivity contribution in [3.05, 3.63) is 23.8 Å². The molecular weight excluding hydrogens is 334 g/mol. The fourth-order valence-electron chi connectivity index (χ4n) is 2.64. The van der Waals surface area contributed by atoms with Gasteiger partial charge in [0.1, 0.15) is 16.9 Å². The van der Waals surface area contributed by atoms with Gasteiger partial charge in [-0.25, -0.2) is 4.79 Å². The standard InChI is InChI=1S/C20H31NO5/c1-6-9-13-25-17-11-10-15(14-16(17)18(22)24-5)21-19(23)20(4,12-7-2)26-8-3/h10-11,14H,6-9,12-13H2,1-5H3,(H,21,23)/t20-/m1/s1. The Morgan fingerprint density at radius 3 is 2.46 bits per heavy atom. The number of nitrogens with one attached hydrogen (secondary N) is 1. The zero-order chi connectivity index (χ0) is 19.6. The summed E-state index contributed by atoms with van der Waals surface area (Å²) >= 11 is 0. The summed E-state index contributed by atoms with van der Waals surface area (Å²) in [5, 5.41) is 2.84. The van der Waals surface area contributed by atoms with E-state index in [4.69, 9.17) is 14.2 Å². The molecule has 1 aromatic carbocycles. The van der Waals surface area contributed by atoms with Gasteiger partial charge in [0.25, 0.3) is 5.91 Å². The summed E-state index contributed by atoms with van der Waals surface area (Å²) in [6.45, 7) is 8.67. The molecule has 0 saturated carbocycles. The summed E-state index contributed by atoms with van der Waals surface area (Å²) in [6.07, 6.45) is 3.31. The number of rotatable bonds is 11. The number of hydrogen-bond donors (Lipinski definition) is 1. The molecule has 0 spiro atoms. The van der Waals surface area contributed by atoms with E-state index in [0.29, 0.717) is 31.1 Å². The van der Waals surface area contributed by atoms with Crippen LogP contribution >= 0.6 is 0 Å². The zero-order valence-electron chi connectivity index (χ0n) is 16.5. The molecule has 0 unspecified atom stereocenters. The lowest BCUT2D eigenvalue weighted by atomic mass is 9.99. The molecule has 6 heteroatoms. The second kappa shape index (κ2) is 10.8. The van der Waals surface area contributed by atoms with Crippen molar-refractivity contribution in [2.24, 2.45) is 0 Å². The number of anilines is 1. The molecule has 0 aromatic heterocycles. The lowest BCUT2D eigenvalue weighted by Crippen LogP contribution is -2.42. The van der Waals surface area contributed by atoms with E-state index in [1.807, 2.05) is 13.8 Å². The van der Waals surface area contributed by atoms with Gasteiger partial charge in [-0.1, -0.05) is 26.7 Å². The summed E-state index contributed by atoms with van der Waals surface area (Å²) in [5.74, 6) is -0.296. The molecule has 1 amide bonds. The van der Waals surface area contributed by atoms with E-state index in [1.54, 1.807) is 25.1 Å². The van der Waals surface area contributed by atoms with E-state index < -0.39 is 11.6 Å². The summed E-state index contributed by atoms with van der Waals surface area (Å²) in [6, 6.07) is 4.96. The van der Waals surface area contributed by atoms with Crippen LogP contribution in [-0.2, 0) is 14.3 Å². The maximum Gasteiger partial charge on any atom is 0.341 e. The molecular formula is C20H31NO5. The van der Waals surface area contributed by atoms with Crippen LogP contribution in [0.25, 0.3) is 0 Å². The van der Waals surface area contributed by atoms with Crippen molar-refractivity contribution >= 4 is 17.6 Å². The van der Waals surface area contributed by atoms with Crippen molar-refractivity contribution in [3.63, 3.8) is 0 Å². The smallest absolute Gasteiger partial charge is 0.341 e. The van der Waals surface area contributed by atoms with Gasteiger partial charge >= 0.3 is 5.97 Å². The van der Waals surface area contributed by atoms with E-state index in [-0.39, 0.29) is 11.5 Å². The quantitative estimate of drug-likeness (QED) is 0.470. The molecule has 26 heavy (non-hydrogen) atoms. The Bertz CT molecular complexity index is 594. The Labute approximate surface area is 156 Å². The second-order valence-corrected chi connectivity index (χ2v) is 6.27. The van der Waals surface area contributed by atoms with Crippen LogP contribution in [0.5, 0.6) is 5.75 Å². The van der Waals surface area contributed by atoms with Crippen molar-refractivity contribution in [2.45, 2.75) is 59.0 Å². The van der Waals surface area contributed by atoms with Gasteiger partial charge in [-0.05, 0) is 44.9 Å². The largest absolute Gasteiger partial charge is 0.493 e. The van der Waals surface area contributed by atoms with E-state index in [9.17, 15) is 9.59 Å². The Balaban J connectivity index is 3.02. The third-order valence-corrected chi connectivity index (χ3v) is 4.07. The molecule has 1 atom stereocenters. The fourth-order valence-corrected chi connectivity index (χ4v) is 2.64. The van der Waals surface area contributed by atoms with Gasteiger partial charge in [0.05, 0.1) is 13.7 Å². The molecule has 146 valence electrons. The second-order valence-electron chi connectivity index (χ2n) is 6.27. The van der Waals surface area contributed by atoms with Gasteiger partial charge in [0.2, 0.25) is 0 Å². The summed E-state index contributed by atoms with van der Waals surface area (Å²) in [7, 11) is 1.32. The van der Waals surface area contributed by atoms with Crippen molar-refractivity contribution < 1.29 is 23.8 Å². The number of methoxy groups -OCH3 is 1. The highest BCUT2D eigenvalue weighted by Crippen LogP contribution is 2.26. The highest BCUT2D eigenvalue weighted by atomic mass is 16.5. The van der Waals surface area contributed by atoms with E-state index in [1.165, 1.54) is 7.11 Å². The normalized spacial score (nSPS) is 13.0. The van der Waals surface area contributed by atoms with Crippen LogP contribution in [0.3, 0.4) is 0 Å². The van der Waals surface area contributed by atoms with Crippen molar-refractivity contribution in [1.82, 2.24) is 0 Å². The molecule has 0 bridgehead atoms. The maximum absolute atomic E-state index is 12.7. The van der Waals surface area contributed by atoms with E-state index >= 15 is 0 Å². The number of carbonyl (C=O) groups is 2. The summed E-state index contributed by atoms with van der Waals surface area (Å²) < 4.78 is 16.2. The van der Waals surface area contributed by atoms with Gasteiger partial charge < -0.3 is 19.5 Å². The molecule has 6 nitrogen and oxygen atoms in total. The molecule has 1 rings (SSSR count). The minimum absolute atomic E-state index is 0.239. The summed E-state index contributed by atoms with van der Waals surface area (Å²) in [4.78, 5) is 24.7. The Morgan fingerprint density at radius 2 is 1.88 bits per heavy atom. The first-order valence-electron chi connectivity index (χ1n) is 9.22.